The highest BCUT2D eigenvalue weighted by molar-refractivity contribution is 7.08. The number of cyclic esters (lactones) is 4. The molecule has 4 amide bonds. The number of likely N-dealkylation sites (N-methyl/N-ethyl adjacent to an activating group) is 4. The van der Waals surface area contributed by atoms with E-state index in [4.69, 9.17) is 18.9 Å². The third-order valence-electron chi connectivity index (χ3n) is 14.3. The lowest BCUT2D eigenvalue weighted by atomic mass is 9.99. The summed E-state index contributed by atoms with van der Waals surface area (Å²) in [7, 11) is 5.63. The maximum absolute atomic E-state index is 15.0. The van der Waals surface area contributed by atoms with E-state index in [0.29, 0.717) is 24.0 Å². The van der Waals surface area contributed by atoms with Gasteiger partial charge in [0.05, 0.1) is 0 Å². The molecule has 5 rings (SSSR count). The SMILES string of the molecule is CC(C)C[C@H]1C(=O)O[C@H](Cc2ccc(Cc3ccsc3)cc2)C(=O)N(C)[C@@H](CC(C)C)C(=O)O[C@H](C)C(=O)N(C)[C@@H](CC(C)C)C(=O)O[C@H](Cc2ccc(Cc3ccsc3)cc2)C(=O)N(C)[C@@H](CC(C)C)C(=O)O[C@H](C)C(=O)N1C. The summed E-state index contributed by atoms with van der Waals surface area (Å²) in [6.45, 7) is 17.7. The average molecular weight is 1140 g/mol. The second-order valence-corrected chi connectivity index (χ2v) is 24.6. The molecule has 0 aliphatic carbocycles. The smallest absolute Gasteiger partial charge is 0.329 e. The number of thiophene rings is 2. The molecule has 2 aromatic heterocycles. The summed E-state index contributed by atoms with van der Waals surface area (Å²) in [5.74, 6) is -7.23. The number of nitrogens with zero attached hydrogens (tertiary/aromatic N) is 4. The molecule has 80 heavy (non-hydrogen) atoms. The molecule has 16 nitrogen and oxygen atoms in total. The Morgan fingerprint density at radius 3 is 0.900 bits per heavy atom. The number of rotatable bonds is 16. The number of hydrogen-bond acceptors (Lipinski definition) is 14. The quantitative estimate of drug-likeness (QED) is 0.0767. The first-order chi connectivity index (χ1) is 37.7. The van der Waals surface area contributed by atoms with E-state index in [-0.39, 0.29) is 62.2 Å². The Kier molecular flexibility index (Phi) is 24.1. The first kappa shape index (κ1) is 64.4. The molecule has 0 saturated carbocycles. The van der Waals surface area contributed by atoms with Crippen molar-refractivity contribution in [3.05, 3.63) is 116 Å². The molecule has 0 radical (unpaired) electrons. The fraction of sp³-hybridized carbons (Fsp3) is 0.548. The van der Waals surface area contributed by atoms with Crippen LogP contribution < -0.4 is 0 Å². The van der Waals surface area contributed by atoms with E-state index in [1.54, 1.807) is 22.7 Å². The van der Waals surface area contributed by atoms with Crippen LogP contribution in [0, 0.1) is 23.7 Å². The van der Waals surface area contributed by atoms with Crippen molar-refractivity contribution in [1.82, 2.24) is 19.6 Å². The minimum absolute atomic E-state index is 0.0983. The van der Waals surface area contributed by atoms with Gasteiger partial charge in [0.1, 0.15) is 24.2 Å². The fourth-order valence-electron chi connectivity index (χ4n) is 9.75. The topological polar surface area (TPSA) is 186 Å². The predicted molar refractivity (Wildman–Crippen MR) is 309 cm³/mol. The number of hydrogen-bond donors (Lipinski definition) is 0. The lowest BCUT2D eigenvalue weighted by Gasteiger charge is -2.35. The monoisotopic (exact) mass is 1140 g/mol. The first-order valence-corrected chi connectivity index (χ1v) is 29.7. The van der Waals surface area contributed by atoms with Crippen molar-refractivity contribution >= 4 is 70.2 Å². The molecule has 0 spiro atoms. The van der Waals surface area contributed by atoms with Gasteiger partial charge in [-0.3, -0.25) is 19.2 Å². The number of amides is 4. The Morgan fingerprint density at radius 2 is 0.637 bits per heavy atom. The van der Waals surface area contributed by atoms with Gasteiger partial charge in [0, 0.05) is 41.0 Å². The summed E-state index contributed by atoms with van der Waals surface area (Å²) < 4.78 is 24.2. The highest BCUT2D eigenvalue weighted by Crippen LogP contribution is 2.25. The standard InChI is InChI=1S/C62H84N4O12S2/c1-37(2)27-49-59(71)75-41(9)55(67)63(11)52(30-40(7)8)62(74)78-54(34-46-21-17-44(18-22-46)32-48-24-26-80-36-48)58(70)66(14)50(28-38(3)4)60(72)76-42(10)56(68)64(12)51(29-39(5)6)61(73)77-53(57(69)65(49)13)33-45-19-15-43(16-20-45)31-47-23-25-79-35-47/h15-26,35-42,49-54H,27-34H2,1-14H3/t41-,42-,49+,50+,51+,52+,53-,54-/m1/s1. The molecule has 2 aromatic carbocycles. The minimum atomic E-state index is -1.51. The van der Waals surface area contributed by atoms with Crippen molar-refractivity contribution in [3.8, 4) is 0 Å². The maximum atomic E-state index is 15.0. The van der Waals surface area contributed by atoms with Crippen LogP contribution in [-0.4, -0.2) is 144 Å². The van der Waals surface area contributed by atoms with E-state index in [1.807, 2.05) is 127 Å². The van der Waals surface area contributed by atoms with Gasteiger partial charge in [0.15, 0.2) is 24.4 Å². The van der Waals surface area contributed by atoms with Gasteiger partial charge >= 0.3 is 23.9 Å². The molecule has 4 aromatic rings. The normalized spacial score (nSPS) is 23.2. The molecule has 3 heterocycles. The number of carbonyl (C=O) groups excluding carboxylic acids is 8. The lowest BCUT2D eigenvalue weighted by molar-refractivity contribution is -0.176. The van der Waals surface area contributed by atoms with Crippen molar-refractivity contribution in [2.24, 2.45) is 23.7 Å². The van der Waals surface area contributed by atoms with Gasteiger partial charge in [0.2, 0.25) is 0 Å². The van der Waals surface area contributed by atoms with Gasteiger partial charge in [-0.15, -0.1) is 0 Å². The van der Waals surface area contributed by atoms with E-state index < -0.39 is 96.1 Å². The summed E-state index contributed by atoms with van der Waals surface area (Å²) in [4.78, 5) is 122. The van der Waals surface area contributed by atoms with Gasteiger partial charge < -0.3 is 38.5 Å². The predicted octanol–water partition coefficient (Wildman–Crippen LogP) is 8.97. The Morgan fingerprint density at radius 1 is 0.375 bits per heavy atom. The summed E-state index contributed by atoms with van der Waals surface area (Å²) in [6, 6.07) is 14.2. The van der Waals surface area contributed by atoms with Crippen LogP contribution in [0.25, 0.3) is 0 Å². The second-order valence-electron chi connectivity index (χ2n) is 23.0. The highest BCUT2D eigenvalue weighted by atomic mass is 32.1. The second kappa shape index (κ2) is 29.9. The first-order valence-electron chi connectivity index (χ1n) is 27.8. The van der Waals surface area contributed by atoms with Crippen molar-refractivity contribution in [1.29, 1.82) is 0 Å². The van der Waals surface area contributed by atoms with Crippen molar-refractivity contribution in [2.45, 2.75) is 169 Å². The molecule has 1 fully saturated rings. The molecule has 0 unspecified atom stereocenters. The minimum Gasteiger partial charge on any atom is -0.451 e. The summed E-state index contributed by atoms with van der Waals surface area (Å²) in [5, 5.41) is 8.15. The number of carbonyl (C=O) groups is 8. The number of benzene rings is 2. The Labute approximate surface area is 481 Å². The third kappa shape index (κ3) is 18.3. The van der Waals surface area contributed by atoms with Crippen LogP contribution in [0.15, 0.2) is 82.2 Å². The van der Waals surface area contributed by atoms with Crippen LogP contribution in [0.1, 0.15) is 128 Å². The van der Waals surface area contributed by atoms with E-state index in [1.165, 1.54) is 51.8 Å². The molecule has 1 aliphatic heterocycles. The largest absolute Gasteiger partial charge is 0.451 e. The summed E-state index contributed by atoms with van der Waals surface area (Å²) in [6.07, 6.45) is -4.38. The van der Waals surface area contributed by atoms with Crippen molar-refractivity contribution in [2.75, 3.05) is 28.2 Å². The van der Waals surface area contributed by atoms with Crippen LogP contribution in [-0.2, 0) is 83.0 Å². The molecule has 1 aliphatic rings. The number of ether oxygens (including phenoxy) is 4. The molecule has 436 valence electrons. The van der Waals surface area contributed by atoms with E-state index in [0.717, 1.165) is 32.1 Å². The van der Waals surface area contributed by atoms with Gasteiger partial charge in [-0.1, -0.05) is 104 Å². The number of esters is 4. The third-order valence-corrected chi connectivity index (χ3v) is 15.8. The van der Waals surface area contributed by atoms with Crippen molar-refractivity contribution < 1.29 is 57.3 Å². The molecule has 0 bridgehead atoms. The van der Waals surface area contributed by atoms with E-state index in [2.05, 4.69) is 10.8 Å². The van der Waals surface area contributed by atoms with Crippen LogP contribution in [0.2, 0.25) is 0 Å². The Hall–Kier alpha value is -6.40. The average Bonchev–Trinajstić information content (AvgIpc) is 4.14. The summed E-state index contributed by atoms with van der Waals surface area (Å²) >= 11 is 3.20. The van der Waals surface area contributed by atoms with Gasteiger partial charge in [-0.25, -0.2) is 19.2 Å². The highest BCUT2D eigenvalue weighted by Gasteiger charge is 2.43. The van der Waals surface area contributed by atoms with Gasteiger partial charge in [-0.2, -0.15) is 22.7 Å². The Balaban J connectivity index is 1.59. The zero-order chi connectivity index (χ0) is 59.1. The molecule has 8 atom stereocenters. The maximum Gasteiger partial charge on any atom is 0.329 e. The molecule has 0 N–H and O–H groups in total. The molecular weight excluding hydrogens is 1060 g/mol. The zero-order valence-electron chi connectivity index (χ0n) is 49.2. The van der Waals surface area contributed by atoms with Crippen molar-refractivity contribution in [3.63, 3.8) is 0 Å². The van der Waals surface area contributed by atoms with Crippen LogP contribution in [0.3, 0.4) is 0 Å². The fourth-order valence-corrected chi connectivity index (χ4v) is 11.1. The molecule has 18 heteroatoms. The zero-order valence-corrected chi connectivity index (χ0v) is 50.8. The van der Waals surface area contributed by atoms with Gasteiger partial charge in [-0.05, 0) is 143 Å². The lowest BCUT2D eigenvalue weighted by Crippen LogP contribution is -2.55. The van der Waals surface area contributed by atoms with E-state index in [9.17, 15) is 38.4 Å². The Bertz CT molecular complexity index is 2490. The van der Waals surface area contributed by atoms with Crippen LogP contribution in [0.5, 0.6) is 0 Å². The summed E-state index contributed by atoms with van der Waals surface area (Å²) in [5.41, 5.74) is 5.65. The molecule has 1 saturated heterocycles. The van der Waals surface area contributed by atoms with Crippen LogP contribution >= 0.6 is 22.7 Å². The van der Waals surface area contributed by atoms with E-state index >= 15 is 0 Å². The molecular formula is C62H84N4O12S2. The van der Waals surface area contributed by atoms with Gasteiger partial charge in [0.25, 0.3) is 23.6 Å². The van der Waals surface area contributed by atoms with Crippen LogP contribution in [0.4, 0.5) is 0 Å².